The van der Waals surface area contributed by atoms with E-state index in [0.29, 0.717) is 21.9 Å². The summed E-state index contributed by atoms with van der Waals surface area (Å²) in [5.41, 5.74) is 0. The van der Waals surface area contributed by atoms with E-state index in [4.69, 9.17) is 19.9 Å². The molecule has 6 nitrogen and oxygen atoms in total. The average Bonchev–Trinajstić information content (AvgIpc) is 2.72. The first-order valence-electron chi connectivity index (χ1n) is 5.02. The molecule has 19 heavy (non-hydrogen) atoms. The molecule has 102 valence electrons. The molecule has 0 saturated carbocycles. The number of aryl methyl sites for hydroxylation is 1. The zero-order valence-electron chi connectivity index (χ0n) is 9.63. The monoisotopic (exact) mass is 366 g/mol. The fraction of sp³-hybridized carbons (Fsp3) is 0.200. The van der Waals surface area contributed by atoms with Crippen molar-refractivity contribution >= 4 is 35.7 Å². The molecule has 0 N–H and O–H groups in total. The van der Waals surface area contributed by atoms with Crippen molar-refractivity contribution in [3.63, 3.8) is 0 Å². The van der Waals surface area contributed by atoms with Crippen LogP contribution in [-0.2, 0) is 15.7 Å². The Labute approximate surface area is 122 Å². The van der Waals surface area contributed by atoms with E-state index in [1.165, 1.54) is 18.2 Å². The van der Waals surface area contributed by atoms with Gasteiger partial charge in [0.05, 0.1) is 9.37 Å². The molecule has 0 radical (unpaired) electrons. The summed E-state index contributed by atoms with van der Waals surface area (Å²) in [5.74, 6) is 1.30. The van der Waals surface area contributed by atoms with Gasteiger partial charge in [-0.3, -0.25) is 0 Å². The van der Waals surface area contributed by atoms with Gasteiger partial charge in [0.15, 0.2) is 6.61 Å². The first kappa shape index (κ1) is 14.3. The van der Waals surface area contributed by atoms with Gasteiger partial charge in [0.25, 0.3) is 9.05 Å². The number of benzene rings is 1. The number of hydrogen-bond acceptors (Lipinski definition) is 6. The molecule has 0 bridgehead atoms. The molecule has 0 fully saturated rings. The molecule has 2 rings (SSSR count). The Balaban J connectivity index is 2.14. The topological polar surface area (TPSA) is 82.3 Å². The Bertz CT molecular complexity index is 701. The van der Waals surface area contributed by atoms with Crippen LogP contribution < -0.4 is 4.74 Å². The van der Waals surface area contributed by atoms with Gasteiger partial charge in [-0.1, -0.05) is 5.16 Å². The van der Waals surface area contributed by atoms with Crippen LogP contribution in [0, 0.1) is 6.92 Å². The smallest absolute Gasteiger partial charge is 0.261 e. The minimum absolute atomic E-state index is 0.0104. The first-order chi connectivity index (χ1) is 8.86. The van der Waals surface area contributed by atoms with Crippen molar-refractivity contribution in [2.45, 2.75) is 18.4 Å². The SMILES string of the molecule is Cc1nc(COc2ccc(S(=O)(=O)Cl)cc2Br)no1. The number of hydrogen-bond donors (Lipinski definition) is 0. The maximum absolute atomic E-state index is 11.1. The zero-order valence-corrected chi connectivity index (χ0v) is 12.8. The third-order valence-corrected chi connectivity index (χ3v) is 4.08. The molecule has 0 unspecified atom stereocenters. The molecular formula is C10H8BrClN2O4S. The van der Waals surface area contributed by atoms with Gasteiger partial charge < -0.3 is 9.26 Å². The Morgan fingerprint density at radius 2 is 2.21 bits per heavy atom. The predicted octanol–water partition coefficient (Wildman–Crippen LogP) is 2.65. The number of halogens is 2. The highest BCUT2D eigenvalue weighted by atomic mass is 79.9. The minimum Gasteiger partial charge on any atom is -0.484 e. The summed E-state index contributed by atoms with van der Waals surface area (Å²) < 4.78 is 33.0. The number of ether oxygens (including phenoxy) is 1. The van der Waals surface area contributed by atoms with E-state index in [-0.39, 0.29) is 11.5 Å². The molecule has 0 aliphatic carbocycles. The number of aromatic nitrogens is 2. The first-order valence-corrected chi connectivity index (χ1v) is 8.12. The second-order valence-electron chi connectivity index (χ2n) is 3.55. The molecule has 0 amide bonds. The van der Waals surface area contributed by atoms with E-state index in [0.717, 1.165) is 0 Å². The highest BCUT2D eigenvalue weighted by Gasteiger charge is 2.13. The van der Waals surface area contributed by atoms with Gasteiger partial charge in [-0.2, -0.15) is 4.98 Å². The third-order valence-electron chi connectivity index (χ3n) is 2.11. The summed E-state index contributed by atoms with van der Waals surface area (Å²) in [5, 5.41) is 3.67. The van der Waals surface area contributed by atoms with Crippen LogP contribution in [0.2, 0.25) is 0 Å². The van der Waals surface area contributed by atoms with Crippen molar-refractivity contribution in [2.24, 2.45) is 0 Å². The van der Waals surface area contributed by atoms with Crippen molar-refractivity contribution in [3.8, 4) is 5.75 Å². The lowest BCUT2D eigenvalue weighted by Gasteiger charge is -2.06. The lowest BCUT2D eigenvalue weighted by atomic mass is 10.3. The predicted molar refractivity (Wildman–Crippen MR) is 70.5 cm³/mol. The van der Waals surface area contributed by atoms with Gasteiger partial charge in [0.1, 0.15) is 5.75 Å². The summed E-state index contributed by atoms with van der Waals surface area (Å²) in [4.78, 5) is 3.97. The van der Waals surface area contributed by atoms with Crippen molar-refractivity contribution in [1.29, 1.82) is 0 Å². The summed E-state index contributed by atoms with van der Waals surface area (Å²) in [6, 6.07) is 4.20. The summed E-state index contributed by atoms with van der Waals surface area (Å²) in [6.45, 7) is 1.79. The lowest BCUT2D eigenvalue weighted by Crippen LogP contribution is -1.99. The van der Waals surface area contributed by atoms with Crippen molar-refractivity contribution in [3.05, 3.63) is 34.4 Å². The van der Waals surface area contributed by atoms with Crippen molar-refractivity contribution < 1.29 is 17.7 Å². The second kappa shape index (κ2) is 5.48. The average molecular weight is 368 g/mol. The zero-order chi connectivity index (χ0) is 14.0. The molecule has 2 aromatic rings. The van der Waals surface area contributed by atoms with Crippen LogP contribution in [0.25, 0.3) is 0 Å². The fourth-order valence-electron chi connectivity index (χ4n) is 1.29. The van der Waals surface area contributed by atoms with Crippen LogP contribution in [0.15, 0.2) is 32.1 Å². The Morgan fingerprint density at radius 1 is 1.47 bits per heavy atom. The molecular weight excluding hydrogens is 360 g/mol. The summed E-state index contributed by atoms with van der Waals surface area (Å²) in [7, 11) is 1.48. The summed E-state index contributed by atoms with van der Waals surface area (Å²) in [6.07, 6.45) is 0. The van der Waals surface area contributed by atoms with Crippen molar-refractivity contribution in [2.75, 3.05) is 0 Å². The number of nitrogens with zero attached hydrogens (tertiary/aromatic N) is 2. The van der Waals surface area contributed by atoms with Gasteiger partial charge >= 0.3 is 0 Å². The van der Waals surface area contributed by atoms with Gasteiger partial charge in [-0.05, 0) is 34.1 Å². The standard InChI is InChI=1S/C10H8BrClN2O4S/c1-6-13-10(14-18-6)5-17-9-3-2-7(4-8(9)11)19(12,15)16/h2-4H,5H2,1H3. The van der Waals surface area contributed by atoms with Crippen LogP contribution in [-0.4, -0.2) is 18.6 Å². The second-order valence-corrected chi connectivity index (χ2v) is 6.97. The minimum atomic E-state index is -3.76. The van der Waals surface area contributed by atoms with E-state index < -0.39 is 9.05 Å². The Hall–Kier alpha value is -1.12. The Morgan fingerprint density at radius 3 is 2.74 bits per heavy atom. The van der Waals surface area contributed by atoms with Gasteiger partial charge in [-0.15, -0.1) is 0 Å². The molecule has 0 atom stereocenters. The van der Waals surface area contributed by atoms with E-state index in [1.807, 2.05) is 0 Å². The van der Waals surface area contributed by atoms with E-state index in [1.54, 1.807) is 6.92 Å². The molecule has 9 heteroatoms. The van der Waals surface area contributed by atoms with Gasteiger partial charge in [-0.25, -0.2) is 8.42 Å². The van der Waals surface area contributed by atoms with Crippen molar-refractivity contribution in [1.82, 2.24) is 10.1 Å². The van der Waals surface area contributed by atoms with Gasteiger partial charge in [0.2, 0.25) is 11.7 Å². The Kier molecular flexibility index (Phi) is 4.12. The third kappa shape index (κ3) is 3.68. The highest BCUT2D eigenvalue weighted by molar-refractivity contribution is 9.10. The normalized spacial score (nSPS) is 11.5. The van der Waals surface area contributed by atoms with Crippen LogP contribution >= 0.6 is 26.6 Å². The summed E-state index contributed by atoms with van der Waals surface area (Å²) >= 11 is 3.21. The maximum Gasteiger partial charge on any atom is 0.261 e. The van der Waals surface area contributed by atoms with E-state index in [9.17, 15) is 8.42 Å². The molecule has 0 aliphatic heterocycles. The van der Waals surface area contributed by atoms with Gasteiger partial charge in [0, 0.05) is 17.6 Å². The largest absolute Gasteiger partial charge is 0.484 e. The molecule has 1 aromatic heterocycles. The maximum atomic E-state index is 11.1. The number of rotatable bonds is 4. The highest BCUT2D eigenvalue weighted by Crippen LogP contribution is 2.29. The fourth-order valence-corrected chi connectivity index (χ4v) is 2.71. The van der Waals surface area contributed by atoms with Crippen LogP contribution in [0.3, 0.4) is 0 Å². The van der Waals surface area contributed by atoms with Crippen LogP contribution in [0.5, 0.6) is 5.75 Å². The molecule has 1 aromatic carbocycles. The molecule has 1 heterocycles. The van der Waals surface area contributed by atoms with Crippen LogP contribution in [0.4, 0.5) is 0 Å². The molecule has 0 aliphatic rings. The van der Waals surface area contributed by atoms with Crippen LogP contribution in [0.1, 0.15) is 11.7 Å². The molecule has 0 saturated heterocycles. The van der Waals surface area contributed by atoms with E-state index in [2.05, 4.69) is 26.1 Å². The molecule has 0 spiro atoms. The van der Waals surface area contributed by atoms with E-state index >= 15 is 0 Å². The lowest BCUT2D eigenvalue weighted by molar-refractivity contribution is 0.284. The quantitative estimate of drug-likeness (QED) is 0.773.